The van der Waals surface area contributed by atoms with E-state index in [1.54, 1.807) is 7.11 Å². The first-order chi connectivity index (χ1) is 10.5. The number of hydrogen-bond donors (Lipinski definition) is 1. The molecule has 0 spiro atoms. The van der Waals surface area contributed by atoms with Gasteiger partial charge in [-0.05, 0) is 31.0 Å². The summed E-state index contributed by atoms with van der Waals surface area (Å²) in [4.78, 5) is 23.2. The highest BCUT2D eigenvalue weighted by molar-refractivity contribution is 5.91. The van der Waals surface area contributed by atoms with E-state index in [1.807, 2.05) is 25.1 Å². The Hall–Kier alpha value is -2.63. The quantitative estimate of drug-likeness (QED) is 0.896. The van der Waals surface area contributed by atoms with Gasteiger partial charge in [-0.15, -0.1) is 0 Å². The number of carbonyl (C=O) groups excluding carboxylic acids is 1. The average molecular weight is 301 g/mol. The van der Waals surface area contributed by atoms with E-state index in [1.165, 1.54) is 19.2 Å². The van der Waals surface area contributed by atoms with Crippen LogP contribution in [0.3, 0.4) is 0 Å². The van der Waals surface area contributed by atoms with E-state index in [-0.39, 0.29) is 17.2 Å². The first-order valence-electron chi connectivity index (χ1n) is 6.97. The van der Waals surface area contributed by atoms with Crippen LogP contribution in [0, 0.1) is 6.92 Å². The molecule has 1 heterocycles. The fraction of sp³-hybridized carbons (Fsp3) is 0.312. The third-order valence-electron chi connectivity index (χ3n) is 3.31. The molecule has 1 aromatic heterocycles. The molecule has 0 fully saturated rings. The second kappa shape index (κ2) is 6.89. The molecule has 22 heavy (non-hydrogen) atoms. The molecule has 0 saturated heterocycles. The summed E-state index contributed by atoms with van der Waals surface area (Å²) >= 11 is 0. The van der Waals surface area contributed by atoms with Gasteiger partial charge in [0.25, 0.3) is 11.5 Å². The molecule has 1 N–H and O–H groups in total. The Morgan fingerprint density at radius 1 is 1.32 bits per heavy atom. The SMILES string of the molecule is COc1ccc(C)cc1CCNC(=O)c1ccc(=O)n(C)n1. The predicted octanol–water partition coefficient (Wildman–Crippen LogP) is 1.07. The molecule has 2 aromatic rings. The summed E-state index contributed by atoms with van der Waals surface area (Å²) in [6.45, 7) is 2.47. The molecule has 0 bridgehead atoms. The van der Waals surface area contributed by atoms with E-state index >= 15 is 0 Å². The van der Waals surface area contributed by atoms with Gasteiger partial charge >= 0.3 is 0 Å². The second-order valence-corrected chi connectivity index (χ2v) is 5.00. The first kappa shape index (κ1) is 15.8. The minimum atomic E-state index is -0.304. The van der Waals surface area contributed by atoms with Gasteiger partial charge in [0.05, 0.1) is 7.11 Å². The van der Waals surface area contributed by atoms with Crippen molar-refractivity contribution in [1.82, 2.24) is 15.1 Å². The third kappa shape index (κ3) is 3.72. The maximum absolute atomic E-state index is 12.0. The lowest BCUT2D eigenvalue weighted by Crippen LogP contribution is -2.29. The number of nitrogens with zero attached hydrogens (tertiary/aromatic N) is 2. The van der Waals surface area contributed by atoms with Crippen LogP contribution in [0.2, 0.25) is 0 Å². The number of hydrogen-bond acceptors (Lipinski definition) is 4. The van der Waals surface area contributed by atoms with Gasteiger partial charge in [-0.25, -0.2) is 4.68 Å². The molecule has 116 valence electrons. The number of benzene rings is 1. The molecule has 0 radical (unpaired) electrons. The van der Waals surface area contributed by atoms with Gasteiger partial charge < -0.3 is 10.1 Å². The lowest BCUT2D eigenvalue weighted by Gasteiger charge is -2.10. The van der Waals surface area contributed by atoms with Crippen molar-refractivity contribution in [3.63, 3.8) is 0 Å². The predicted molar refractivity (Wildman–Crippen MR) is 83.2 cm³/mol. The molecule has 2 rings (SSSR count). The van der Waals surface area contributed by atoms with E-state index < -0.39 is 0 Å². The van der Waals surface area contributed by atoms with Crippen LogP contribution in [0.4, 0.5) is 0 Å². The third-order valence-corrected chi connectivity index (χ3v) is 3.31. The minimum Gasteiger partial charge on any atom is -0.496 e. The highest BCUT2D eigenvalue weighted by atomic mass is 16.5. The van der Waals surface area contributed by atoms with Gasteiger partial charge in [0.15, 0.2) is 0 Å². The Labute approximate surface area is 128 Å². The summed E-state index contributed by atoms with van der Waals surface area (Å²) in [5, 5.41) is 6.71. The molecule has 0 aliphatic carbocycles. The topological polar surface area (TPSA) is 73.2 Å². The van der Waals surface area contributed by atoms with Gasteiger partial charge in [-0.2, -0.15) is 5.10 Å². The van der Waals surface area contributed by atoms with Gasteiger partial charge in [0, 0.05) is 19.7 Å². The van der Waals surface area contributed by atoms with Crippen molar-refractivity contribution in [3.05, 3.63) is 57.5 Å². The number of aromatic nitrogens is 2. The number of aryl methyl sites for hydroxylation is 2. The number of nitrogens with one attached hydrogen (secondary N) is 1. The zero-order chi connectivity index (χ0) is 16.1. The molecule has 0 saturated carbocycles. The van der Waals surface area contributed by atoms with Crippen molar-refractivity contribution in [3.8, 4) is 5.75 Å². The Bertz CT molecular complexity index is 738. The highest BCUT2D eigenvalue weighted by Crippen LogP contribution is 2.19. The fourth-order valence-corrected chi connectivity index (χ4v) is 2.13. The largest absolute Gasteiger partial charge is 0.496 e. The van der Waals surface area contributed by atoms with Crippen molar-refractivity contribution in [1.29, 1.82) is 0 Å². The van der Waals surface area contributed by atoms with Crippen LogP contribution >= 0.6 is 0 Å². The summed E-state index contributed by atoms with van der Waals surface area (Å²) < 4.78 is 6.45. The van der Waals surface area contributed by atoms with Gasteiger partial charge in [0.1, 0.15) is 11.4 Å². The number of rotatable bonds is 5. The van der Waals surface area contributed by atoms with Crippen molar-refractivity contribution >= 4 is 5.91 Å². The Morgan fingerprint density at radius 2 is 2.09 bits per heavy atom. The summed E-state index contributed by atoms with van der Waals surface area (Å²) in [6.07, 6.45) is 0.655. The van der Waals surface area contributed by atoms with Crippen LogP contribution in [0.5, 0.6) is 5.75 Å². The molecular weight excluding hydrogens is 282 g/mol. The van der Waals surface area contributed by atoms with Crippen molar-refractivity contribution in [2.45, 2.75) is 13.3 Å². The highest BCUT2D eigenvalue weighted by Gasteiger charge is 2.09. The van der Waals surface area contributed by atoms with Gasteiger partial charge in [0.2, 0.25) is 0 Å². The molecule has 0 atom stereocenters. The zero-order valence-corrected chi connectivity index (χ0v) is 12.9. The maximum Gasteiger partial charge on any atom is 0.271 e. The molecule has 6 nitrogen and oxygen atoms in total. The van der Waals surface area contributed by atoms with E-state index in [2.05, 4.69) is 10.4 Å². The van der Waals surface area contributed by atoms with Gasteiger partial charge in [-0.1, -0.05) is 17.7 Å². The van der Waals surface area contributed by atoms with Crippen LogP contribution in [0.25, 0.3) is 0 Å². The molecule has 0 unspecified atom stereocenters. The van der Waals surface area contributed by atoms with Gasteiger partial charge in [-0.3, -0.25) is 9.59 Å². The Morgan fingerprint density at radius 3 is 2.77 bits per heavy atom. The number of carbonyl (C=O) groups is 1. The van der Waals surface area contributed by atoms with Crippen LogP contribution in [0.15, 0.2) is 35.1 Å². The molecule has 1 amide bonds. The standard InChI is InChI=1S/C16H19N3O3/c1-11-4-6-14(22-3)12(10-11)8-9-17-16(21)13-5-7-15(20)19(2)18-13/h4-7,10H,8-9H2,1-3H3,(H,17,21). The van der Waals surface area contributed by atoms with Crippen LogP contribution in [0.1, 0.15) is 21.6 Å². The maximum atomic E-state index is 12.0. The van der Waals surface area contributed by atoms with E-state index in [0.717, 1.165) is 21.6 Å². The molecular formula is C16H19N3O3. The van der Waals surface area contributed by atoms with Crippen LogP contribution in [-0.2, 0) is 13.5 Å². The van der Waals surface area contributed by atoms with Crippen molar-refractivity contribution in [2.24, 2.45) is 7.05 Å². The Balaban J connectivity index is 1.98. The number of methoxy groups -OCH3 is 1. The molecule has 1 aromatic carbocycles. The summed E-state index contributed by atoms with van der Waals surface area (Å²) in [5.74, 6) is 0.502. The molecule has 6 heteroatoms. The zero-order valence-electron chi connectivity index (χ0n) is 12.9. The number of amides is 1. The lowest BCUT2D eigenvalue weighted by molar-refractivity contribution is 0.0946. The first-order valence-corrected chi connectivity index (χ1v) is 6.97. The summed E-state index contributed by atoms with van der Waals surface area (Å²) in [6, 6.07) is 8.68. The normalized spacial score (nSPS) is 10.3. The monoisotopic (exact) mass is 301 g/mol. The van der Waals surface area contributed by atoms with Crippen molar-refractivity contribution < 1.29 is 9.53 Å². The van der Waals surface area contributed by atoms with Crippen LogP contribution < -0.4 is 15.6 Å². The van der Waals surface area contributed by atoms with E-state index in [4.69, 9.17) is 4.74 Å². The van der Waals surface area contributed by atoms with E-state index in [0.29, 0.717) is 13.0 Å². The van der Waals surface area contributed by atoms with Crippen LogP contribution in [-0.4, -0.2) is 29.3 Å². The smallest absolute Gasteiger partial charge is 0.271 e. The second-order valence-electron chi connectivity index (χ2n) is 5.00. The molecule has 0 aliphatic rings. The number of ether oxygens (including phenoxy) is 1. The van der Waals surface area contributed by atoms with E-state index in [9.17, 15) is 9.59 Å². The van der Waals surface area contributed by atoms with Crippen molar-refractivity contribution in [2.75, 3.05) is 13.7 Å². The minimum absolute atomic E-state index is 0.221. The summed E-state index contributed by atoms with van der Waals surface area (Å²) in [5.41, 5.74) is 2.15. The molecule has 0 aliphatic heterocycles. The Kier molecular flexibility index (Phi) is 4.93. The summed E-state index contributed by atoms with van der Waals surface area (Å²) in [7, 11) is 3.14. The fourth-order valence-electron chi connectivity index (χ4n) is 2.13. The lowest BCUT2D eigenvalue weighted by atomic mass is 10.1. The average Bonchev–Trinajstić information content (AvgIpc) is 2.50.